The lowest BCUT2D eigenvalue weighted by molar-refractivity contribution is 0.933. The molecule has 0 nitrogen and oxygen atoms in total. The first-order chi connectivity index (χ1) is 14.8. The van der Waals surface area contributed by atoms with Crippen LogP contribution in [0.2, 0.25) is 0 Å². The van der Waals surface area contributed by atoms with Gasteiger partial charge in [-0.2, -0.15) is 0 Å². The SMILES string of the molecule is Pc1cc2ccc1CCc1ccc(c(P(c3ccccc3)c3ccccc3)c1)CC2. The summed E-state index contributed by atoms with van der Waals surface area (Å²) in [6.45, 7) is 0. The first-order valence-electron chi connectivity index (χ1n) is 10.7. The van der Waals surface area contributed by atoms with Crippen LogP contribution >= 0.6 is 17.2 Å². The highest BCUT2D eigenvalue weighted by Crippen LogP contribution is 2.35. The molecule has 0 spiro atoms. The van der Waals surface area contributed by atoms with Gasteiger partial charge in [0.25, 0.3) is 0 Å². The maximum Gasteiger partial charge on any atom is -0.0116 e. The molecule has 4 bridgehead atoms. The number of aryl methyl sites for hydroxylation is 4. The summed E-state index contributed by atoms with van der Waals surface area (Å²) in [5, 5.41) is 5.75. The van der Waals surface area contributed by atoms with Crippen molar-refractivity contribution in [1.29, 1.82) is 0 Å². The summed E-state index contributed by atoms with van der Waals surface area (Å²) in [7, 11) is 2.38. The van der Waals surface area contributed by atoms with Crippen molar-refractivity contribution < 1.29 is 0 Å². The normalized spacial score (nSPS) is 13.3. The Morgan fingerprint density at radius 2 is 1.07 bits per heavy atom. The van der Waals surface area contributed by atoms with Crippen LogP contribution in [0.25, 0.3) is 0 Å². The number of hydrogen-bond donors (Lipinski definition) is 0. The smallest absolute Gasteiger partial charge is 0.0116 e. The van der Waals surface area contributed by atoms with E-state index in [9.17, 15) is 0 Å². The van der Waals surface area contributed by atoms with E-state index in [1.165, 1.54) is 43.5 Å². The molecule has 0 radical (unpaired) electrons. The third kappa shape index (κ3) is 4.13. The molecule has 0 heterocycles. The van der Waals surface area contributed by atoms with Crippen LogP contribution < -0.4 is 21.2 Å². The van der Waals surface area contributed by atoms with Crippen molar-refractivity contribution in [1.82, 2.24) is 0 Å². The summed E-state index contributed by atoms with van der Waals surface area (Å²) >= 11 is 0. The Morgan fingerprint density at radius 3 is 1.67 bits per heavy atom. The molecule has 4 aliphatic carbocycles. The van der Waals surface area contributed by atoms with Gasteiger partial charge in [-0.1, -0.05) is 97.1 Å². The molecule has 1 unspecified atom stereocenters. The molecular formula is C28H26P2. The van der Waals surface area contributed by atoms with Gasteiger partial charge < -0.3 is 0 Å². The van der Waals surface area contributed by atoms with Crippen LogP contribution in [-0.2, 0) is 25.7 Å². The Hall–Kier alpha value is -2.26. The van der Waals surface area contributed by atoms with Crippen LogP contribution in [0.5, 0.6) is 0 Å². The largest absolute Gasteiger partial charge is 0.105 e. The van der Waals surface area contributed by atoms with E-state index < -0.39 is 7.92 Å². The lowest BCUT2D eigenvalue weighted by atomic mass is 9.96. The Balaban J connectivity index is 1.64. The zero-order chi connectivity index (χ0) is 20.3. The molecule has 4 aromatic rings. The third-order valence-electron chi connectivity index (χ3n) is 6.00. The van der Waals surface area contributed by atoms with Gasteiger partial charge >= 0.3 is 0 Å². The number of hydrogen-bond acceptors (Lipinski definition) is 0. The topological polar surface area (TPSA) is 0 Å². The minimum atomic E-state index is -0.566. The minimum Gasteiger partial charge on any atom is -0.105 e. The molecule has 148 valence electrons. The van der Waals surface area contributed by atoms with Gasteiger partial charge in [0, 0.05) is 0 Å². The van der Waals surface area contributed by atoms with Crippen molar-refractivity contribution in [3.63, 3.8) is 0 Å². The monoisotopic (exact) mass is 424 g/mol. The maximum absolute atomic E-state index is 2.94. The predicted octanol–water partition coefficient (Wildman–Crippen LogP) is 4.83. The van der Waals surface area contributed by atoms with Crippen molar-refractivity contribution in [2.45, 2.75) is 25.7 Å². The molecule has 0 saturated carbocycles. The van der Waals surface area contributed by atoms with Gasteiger partial charge in [0.05, 0.1) is 0 Å². The molecule has 0 aliphatic heterocycles. The van der Waals surface area contributed by atoms with Crippen LogP contribution in [0.1, 0.15) is 22.3 Å². The van der Waals surface area contributed by atoms with Gasteiger partial charge in [-0.15, -0.1) is 9.24 Å². The molecule has 0 aromatic heterocycles. The molecule has 4 aromatic carbocycles. The average molecular weight is 424 g/mol. The third-order valence-corrected chi connectivity index (χ3v) is 9.06. The highest BCUT2D eigenvalue weighted by Gasteiger charge is 2.20. The van der Waals surface area contributed by atoms with Crippen LogP contribution in [0.4, 0.5) is 0 Å². The standard InChI is InChI=1S/C28H26P2/c29-27-19-21-11-15-23(27)16-12-22-14-18-24(17-13-21)28(20-22)30(25-7-3-1-4-8-25)26-9-5-2-6-10-26/h1-11,14-15,18-20H,12-13,16-17,29H2. The summed E-state index contributed by atoms with van der Waals surface area (Å²) in [4.78, 5) is 0. The van der Waals surface area contributed by atoms with E-state index in [1.807, 2.05) is 0 Å². The maximum atomic E-state index is 2.94. The Labute approximate surface area is 183 Å². The number of benzene rings is 4. The van der Waals surface area contributed by atoms with E-state index in [4.69, 9.17) is 0 Å². The predicted molar refractivity (Wildman–Crippen MR) is 136 cm³/mol. The van der Waals surface area contributed by atoms with Crippen molar-refractivity contribution in [2.24, 2.45) is 0 Å². The first kappa shape index (κ1) is 19.7. The van der Waals surface area contributed by atoms with Crippen LogP contribution in [0, 0.1) is 0 Å². The Morgan fingerprint density at radius 1 is 0.533 bits per heavy atom. The van der Waals surface area contributed by atoms with E-state index in [-0.39, 0.29) is 0 Å². The zero-order valence-electron chi connectivity index (χ0n) is 17.1. The van der Waals surface area contributed by atoms with Gasteiger partial charge in [-0.3, -0.25) is 0 Å². The Kier molecular flexibility index (Phi) is 5.81. The van der Waals surface area contributed by atoms with Gasteiger partial charge in [-0.05, 0) is 77.1 Å². The molecular weight excluding hydrogens is 398 g/mol. The Bertz CT molecular complexity index is 1110. The van der Waals surface area contributed by atoms with Crippen molar-refractivity contribution in [2.75, 3.05) is 0 Å². The summed E-state index contributed by atoms with van der Waals surface area (Å²) in [5.41, 5.74) is 5.82. The summed E-state index contributed by atoms with van der Waals surface area (Å²) < 4.78 is 0. The molecule has 2 heteroatoms. The molecule has 8 rings (SSSR count). The van der Waals surface area contributed by atoms with Crippen LogP contribution in [0.3, 0.4) is 0 Å². The average Bonchev–Trinajstić information content (AvgIpc) is 2.78. The fourth-order valence-corrected chi connectivity index (χ4v) is 7.37. The van der Waals surface area contributed by atoms with Gasteiger partial charge in [0.2, 0.25) is 0 Å². The lowest BCUT2D eigenvalue weighted by Gasteiger charge is -2.24. The summed E-state index contributed by atoms with van der Waals surface area (Å²) in [6.07, 6.45) is 4.34. The molecule has 0 saturated heterocycles. The highest BCUT2D eigenvalue weighted by molar-refractivity contribution is 7.79. The first-order valence-corrected chi connectivity index (χ1v) is 12.6. The second kappa shape index (κ2) is 8.85. The van der Waals surface area contributed by atoms with Gasteiger partial charge in [-0.25, -0.2) is 0 Å². The van der Waals surface area contributed by atoms with Crippen molar-refractivity contribution in [3.8, 4) is 0 Å². The second-order valence-corrected chi connectivity index (χ2v) is 10.8. The van der Waals surface area contributed by atoms with E-state index in [0.717, 1.165) is 25.7 Å². The molecule has 30 heavy (non-hydrogen) atoms. The molecule has 1 atom stereocenters. The second-order valence-electron chi connectivity index (χ2n) is 8.00. The lowest BCUT2D eigenvalue weighted by Crippen LogP contribution is -2.24. The highest BCUT2D eigenvalue weighted by atomic mass is 31.1. The van der Waals surface area contributed by atoms with E-state index >= 15 is 0 Å². The van der Waals surface area contributed by atoms with Crippen LogP contribution in [0.15, 0.2) is 97.1 Å². The van der Waals surface area contributed by atoms with Crippen LogP contribution in [-0.4, -0.2) is 0 Å². The summed E-state index contributed by atoms with van der Waals surface area (Å²) in [5.74, 6) is 0. The molecule has 0 N–H and O–H groups in total. The molecule has 4 aliphatic rings. The van der Waals surface area contributed by atoms with Crippen molar-refractivity contribution >= 4 is 38.4 Å². The van der Waals surface area contributed by atoms with E-state index in [1.54, 1.807) is 0 Å². The minimum absolute atomic E-state index is 0.566. The van der Waals surface area contributed by atoms with Gasteiger partial charge in [0.1, 0.15) is 0 Å². The zero-order valence-corrected chi connectivity index (χ0v) is 19.1. The van der Waals surface area contributed by atoms with E-state index in [2.05, 4.69) is 106 Å². The quantitative estimate of drug-likeness (QED) is 0.414. The van der Waals surface area contributed by atoms with E-state index in [0.29, 0.717) is 0 Å². The number of rotatable bonds is 3. The molecule has 0 fully saturated rings. The summed E-state index contributed by atoms with van der Waals surface area (Å²) in [6, 6.07) is 36.5. The molecule has 0 amide bonds. The van der Waals surface area contributed by atoms with Crippen molar-refractivity contribution in [3.05, 3.63) is 119 Å². The van der Waals surface area contributed by atoms with Gasteiger partial charge in [0.15, 0.2) is 0 Å². The fourth-order valence-electron chi connectivity index (χ4n) is 4.35. The fraction of sp³-hybridized carbons (Fsp3) is 0.143.